The molecule has 0 saturated carbocycles. The summed E-state index contributed by atoms with van der Waals surface area (Å²) in [7, 11) is -5.66. The van der Waals surface area contributed by atoms with Gasteiger partial charge in [-0.2, -0.15) is 26.7 Å². The van der Waals surface area contributed by atoms with Gasteiger partial charge in [0.05, 0.1) is 11.7 Å². The van der Waals surface area contributed by atoms with Crippen molar-refractivity contribution in [3.63, 3.8) is 0 Å². The lowest BCUT2D eigenvalue weighted by molar-refractivity contribution is -0.0448. The van der Waals surface area contributed by atoms with Gasteiger partial charge in [0.1, 0.15) is 5.82 Å². The van der Waals surface area contributed by atoms with Gasteiger partial charge in [0.2, 0.25) is 0 Å². The first-order valence-corrected chi connectivity index (χ1v) is 8.92. The van der Waals surface area contributed by atoms with E-state index in [1.807, 2.05) is 0 Å². The van der Waals surface area contributed by atoms with Crippen LogP contribution in [0, 0.1) is 5.82 Å². The summed E-state index contributed by atoms with van der Waals surface area (Å²) in [5.74, 6) is -0.444. The fraction of sp³-hybridized carbons (Fsp3) is 0.214. The van der Waals surface area contributed by atoms with Crippen LogP contribution in [-0.4, -0.2) is 23.1 Å². The Morgan fingerprint density at radius 3 is 2.54 bits per heavy atom. The van der Waals surface area contributed by atoms with Gasteiger partial charge in [-0.15, -0.1) is 4.09 Å². The topological polar surface area (TPSA) is 52.0 Å². The second kappa shape index (κ2) is 5.41. The van der Waals surface area contributed by atoms with Gasteiger partial charge in [0.25, 0.3) is 0 Å². The largest absolute Gasteiger partial charge is 0.518 e. The van der Waals surface area contributed by atoms with Crippen LogP contribution < -0.4 is 0 Å². The summed E-state index contributed by atoms with van der Waals surface area (Å²) < 4.78 is 75.9. The van der Waals surface area contributed by atoms with E-state index in [0.717, 1.165) is 6.20 Å². The van der Waals surface area contributed by atoms with Gasteiger partial charge >= 0.3 is 15.5 Å². The average Bonchev–Trinajstić information content (AvgIpc) is 2.91. The molecule has 0 unspecified atom stereocenters. The molecule has 0 fully saturated rings. The van der Waals surface area contributed by atoms with Crippen molar-refractivity contribution in [3.05, 3.63) is 40.2 Å². The zero-order chi connectivity index (χ0) is 17.9. The van der Waals surface area contributed by atoms with Crippen molar-refractivity contribution >= 4 is 47.6 Å². The fourth-order valence-electron chi connectivity index (χ4n) is 2.58. The fourth-order valence-corrected chi connectivity index (χ4v) is 4.13. The Morgan fingerprint density at radius 1 is 1.29 bits per heavy atom. The molecule has 0 spiro atoms. The van der Waals surface area contributed by atoms with Crippen molar-refractivity contribution < 1.29 is 26.0 Å². The zero-order valence-electron chi connectivity index (χ0n) is 12.0. The predicted molar refractivity (Wildman–Crippen MR) is 84.6 cm³/mol. The van der Waals surface area contributed by atoms with Crippen molar-refractivity contribution in [3.8, 4) is 0 Å². The second-order valence-electron chi connectivity index (χ2n) is 5.04. The van der Waals surface area contributed by atoms with Crippen molar-refractivity contribution in [2.45, 2.75) is 18.9 Å². The molecule has 128 valence electrons. The normalized spacial score (nSPS) is 13.1. The van der Waals surface area contributed by atoms with Crippen LogP contribution in [0.5, 0.6) is 0 Å². The van der Waals surface area contributed by atoms with E-state index < -0.39 is 21.3 Å². The lowest BCUT2D eigenvalue weighted by atomic mass is 10.0. The minimum Gasteiger partial charge on any atom is -0.207 e. The molecule has 2 aromatic carbocycles. The summed E-state index contributed by atoms with van der Waals surface area (Å²) in [5.41, 5.74) is -5.34. The van der Waals surface area contributed by atoms with Crippen molar-refractivity contribution in [2.75, 3.05) is 0 Å². The second-order valence-corrected chi connectivity index (χ2v) is 7.59. The van der Waals surface area contributed by atoms with E-state index in [9.17, 15) is 26.0 Å². The predicted octanol–water partition coefficient (Wildman–Crippen LogP) is 4.35. The minimum absolute atomic E-state index is 0.0541. The summed E-state index contributed by atoms with van der Waals surface area (Å²) in [6.45, 7) is 1.74. The van der Waals surface area contributed by atoms with Gasteiger partial charge in [-0.3, -0.25) is 0 Å². The maximum Gasteiger partial charge on any atom is 0.518 e. The van der Waals surface area contributed by atoms with Crippen LogP contribution in [-0.2, 0) is 16.4 Å². The maximum atomic E-state index is 14.0. The Hall–Kier alpha value is -1.68. The first-order valence-electron chi connectivity index (χ1n) is 6.68. The number of hydrogen-bond acceptors (Lipinski definition) is 3. The van der Waals surface area contributed by atoms with Gasteiger partial charge in [0.15, 0.2) is 0 Å². The number of rotatable bonds is 2. The van der Waals surface area contributed by atoms with E-state index in [1.54, 1.807) is 6.92 Å². The summed E-state index contributed by atoms with van der Waals surface area (Å²) in [4.78, 5) is 0. The van der Waals surface area contributed by atoms with Gasteiger partial charge in [0, 0.05) is 15.2 Å². The molecule has 0 N–H and O–H groups in total. The number of aryl methyl sites for hydroxylation is 1. The molecule has 3 aromatic rings. The molecule has 0 amide bonds. The molecule has 1 aromatic heterocycles. The minimum atomic E-state index is -5.66. The van der Waals surface area contributed by atoms with E-state index in [-0.39, 0.29) is 15.0 Å². The van der Waals surface area contributed by atoms with Crippen LogP contribution >= 0.6 is 15.9 Å². The number of alkyl halides is 3. The Labute approximate surface area is 142 Å². The molecular weight excluding hydrogens is 416 g/mol. The van der Waals surface area contributed by atoms with E-state index >= 15 is 0 Å². The lowest BCUT2D eigenvalue weighted by Crippen LogP contribution is -2.30. The van der Waals surface area contributed by atoms with E-state index in [4.69, 9.17) is 0 Å². The highest BCUT2D eigenvalue weighted by Gasteiger charge is 2.48. The van der Waals surface area contributed by atoms with Crippen LogP contribution in [0.1, 0.15) is 12.5 Å². The third-order valence-corrected chi connectivity index (χ3v) is 5.84. The third-order valence-electron chi connectivity index (χ3n) is 3.68. The molecule has 4 nitrogen and oxygen atoms in total. The van der Waals surface area contributed by atoms with Gasteiger partial charge in [-0.05, 0) is 45.4 Å². The molecule has 0 aliphatic heterocycles. The van der Waals surface area contributed by atoms with Gasteiger partial charge in [-0.25, -0.2) is 4.39 Å². The van der Waals surface area contributed by atoms with Crippen LogP contribution in [0.15, 0.2) is 28.9 Å². The van der Waals surface area contributed by atoms with Gasteiger partial charge in [-0.1, -0.05) is 13.0 Å². The third kappa shape index (κ3) is 2.31. The summed E-state index contributed by atoms with van der Waals surface area (Å²) in [6.07, 6.45) is 1.37. The molecule has 24 heavy (non-hydrogen) atoms. The van der Waals surface area contributed by atoms with Crippen LogP contribution in [0.4, 0.5) is 17.6 Å². The molecular formula is C14H9BrF4N2O2S. The molecule has 0 saturated heterocycles. The molecule has 0 radical (unpaired) electrons. The molecule has 0 aliphatic rings. The summed E-state index contributed by atoms with van der Waals surface area (Å²) in [6, 6.07) is 3.83. The standard InChI is InChI=1S/C14H9BrF4N2O2S/c1-2-8-10(16)4-3-7-5-11-9(13(15)12(7)8)6-20-21(11)24(22,23)14(17,18)19/h3-6H,2H2,1H3. The molecule has 3 rings (SSSR count). The first kappa shape index (κ1) is 17.2. The molecule has 0 atom stereocenters. The van der Waals surface area contributed by atoms with Crippen molar-refractivity contribution in [2.24, 2.45) is 0 Å². The average molecular weight is 425 g/mol. The molecule has 0 aliphatic carbocycles. The van der Waals surface area contributed by atoms with Crippen LogP contribution in [0.25, 0.3) is 21.7 Å². The highest BCUT2D eigenvalue weighted by Crippen LogP contribution is 2.37. The monoisotopic (exact) mass is 424 g/mol. The Bertz CT molecular complexity index is 1070. The first-order chi connectivity index (χ1) is 11.1. The highest BCUT2D eigenvalue weighted by molar-refractivity contribution is 9.10. The smallest absolute Gasteiger partial charge is 0.207 e. The van der Waals surface area contributed by atoms with Gasteiger partial charge < -0.3 is 0 Å². The quantitative estimate of drug-likeness (QED) is 0.574. The Balaban J connectivity index is 2.46. The molecule has 1 heterocycles. The lowest BCUT2D eigenvalue weighted by Gasteiger charge is -2.11. The summed E-state index contributed by atoms with van der Waals surface area (Å²) >= 11 is 3.24. The zero-order valence-corrected chi connectivity index (χ0v) is 14.4. The molecule has 0 bridgehead atoms. The van der Waals surface area contributed by atoms with E-state index in [1.165, 1.54) is 18.2 Å². The van der Waals surface area contributed by atoms with E-state index in [2.05, 4.69) is 21.0 Å². The number of hydrogen-bond donors (Lipinski definition) is 0. The Kier molecular flexibility index (Phi) is 3.87. The maximum absolute atomic E-state index is 14.0. The number of benzene rings is 2. The number of fused-ring (bicyclic) bond motifs is 2. The van der Waals surface area contributed by atoms with Crippen LogP contribution in [0.3, 0.4) is 0 Å². The highest BCUT2D eigenvalue weighted by atomic mass is 79.9. The number of aromatic nitrogens is 2. The van der Waals surface area contributed by atoms with Crippen molar-refractivity contribution in [1.29, 1.82) is 0 Å². The number of nitrogens with zero attached hydrogens (tertiary/aromatic N) is 2. The van der Waals surface area contributed by atoms with Crippen LogP contribution in [0.2, 0.25) is 0 Å². The summed E-state index contributed by atoms with van der Waals surface area (Å²) in [5, 5.41) is 4.42. The Morgan fingerprint density at radius 2 is 1.96 bits per heavy atom. The molecule has 10 heteroatoms. The van der Waals surface area contributed by atoms with Crippen molar-refractivity contribution in [1.82, 2.24) is 9.19 Å². The number of halogens is 5. The van der Waals surface area contributed by atoms with E-state index in [0.29, 0.717) is 27.2 Å². The SMILES string of the molecule is CCc1c(F)ccc2cc3c(cnn3S(=O)(=O)C(F)(F)F)c(Br)c12.